The molecule has 1 heterocycles. The van der Waals surface area contributed by atoms with E-state index in [1.807, 2.05) is 36.4 Å². The number of anilines is 1. The van der Waals surface area contributed by atoms with Gasteiger partial charge >= 0.3 is 0 Å². The molecule has 1 fully saturated rings. The zero-order chi connectivity index (χ0) is 16.2. The number of carbonyl (C=O) groups excluding carboxylic acids is 1. The summed E-state index contributed by atoms with van der Waals surface area (Å²) in [5.74, 6) is -0.0355. The molecule has 23 heavy (non-hydrogen) atoms. The largest absolute Gasteiger partial charge is 0.382 e. The van der Waals surface area contributed by atoms with Crippen molar-refractivity contribution in [2.75, 3.05) is 25.5 Å². The normalized spacial score (nSPS) is 16.3. The summed E-state index contributed by atoms with van der Waals surface area (Å²) in [4.78, 5) is 15.2. The Morgan fingerprint density at radius 2 is 1.65 bits per heavy atom. The van der Waals surface area contributed by atoms with Gasteiger partial charge < -0.3 is 10.2 Å². The summed E-state index contributed by atoms with van der Waals surface area (Å²) in [6, 6.07) is 15.3. The Hall–Kier alpha value is -1.84. The summed E-state index contributed by atoms with van der Waals surface area (Å²) in [5, 5.41) is 4.04. The van der Waals surface area contributed by atoms with Crippen LogP contribution in [0.2, 0.25) is 5.02 Å². The van der Waals surface area contributed by atoms with Gasteiger partial charge in [-0.3, -0.25) is 4.79 Å². The molecule has 4 heteroatoms. The lowest BCUT2D eigenvalue weighted by Gasteiger charge is -2.30. The highest BCUT2D eigenvalue weighted by Crippen LogP contribution is 2.25. The molecule has 0 aromatic heterocycles. The molecule has 1 N–H and O–H groups in total. The van der Waals surface area contributed by atoms with Crippen molar-refractivity contribution in [3.8, 4) is 0 Å². The molecule has 0 amide bonds. The maximum absolute atomic E-state index is 12.8. The molecule has 1 aliphatic heterocycles. The zero-order valence-electron chi connectivity index (χ0n) is 13.3. The molecule has 3 rings (SSSR count). The minimum absolute atomic E-state index is 0.0355. The summed E-state index contributed by atoms with van der Waals surface area (Å²) in [6.07, 6.45) is 2.18. The summed E-state index contributed by atoms with van der Waals surface area (Å²) in [5.41, 5.74) is 2.12. The lowest BCUT2D eigenvalue weighted by Crippen LogP contribution is -2.37. The molecule has 0 saturated carbocycles. The number of para-hydroxylation sites is 1. The van der Waals surface area contributed by atoms with E-state index in [4.69, 9.17) is 11.6 Å². The van der Waals surface area contributed by atoms with Crippen LogP contribution in [0.3, 0.4) is 0 Å². The number of carbonyl (C=O) groups is 1. The maximum atomic E-state index is 12.8. The second-order valence-corrected chi connectivity index (χ2v) is 6.48. The predicted molar refractivity (Wildman–Crippen MR) is 95.5 cm³/mol. The van der Waals surface area contributed by atoms with Crippen molar-refractivity contribution in [3.05, 3.63) is 64.7 Å². The van der Waals surface area contributed by atoms with Crippen LogP contribution in [0.4, 0.5) is 5.69 Å². The summed E-state index contributed by atoms with van der Waals surface area (Å²) >= 11 is 6.18. The van der Waals surface area contributed by atoms with Crippen molar-refractivity contribution in [1.29, 1.82) is 0 Å². The minimum Gasteiger partial charge on any atom is -0.382 e. The number of hydrogen-bond acceptors (Lipinski definition) is 3. The van der Waals surface area contributed by atoms with Gasteiger partial charge in [0.25, 0.3) is 0 Å². The van der Waals surface area contributed by atoms with Crippen LogP contribution in [0.25, 0.3) is 0 Å². The number of benzene rings is 2. The predicted octanol–water partition coefficient (Wildman–Crippen LogP) is 4.08. The van der Waals surface area contributed by atoms with Crippen LogP contribution >= 0.6 is 11.6 Å². The SMILES string of the molecule is CN1CCC(Nc2ccccc2C(=O)c2ccccc2Cl)CC1. The molecule has 0 unspecified atom stereocenters. The fraction of sp³-hybridized carbons (Fsp3) is 0.316. The molecule has 0 radical (unpaired) electrons. The molecule has 1 saturated heterocycles. The van der Waals surface area contributed by atoms with Crippen LogP contribution in [0.5, 0.6) is 0 Å². The summed E-state index contributed by atoms with van der Waals surface area (Å²) < 4.78 is 0. The molecule has 120 valence electrons. The first-order valence-electron chi connectivity index (χ1n) is 7.98. The summed E-state index contributed by atoms with van der Waals surface area (Å²) in [7, 11) is 2.14. The number of rotatable bonds is 4. The standard InChI is InChI=1S/C19H21ClN2O/c1-22-12-10-14(11-13-22)21-18-9-5-3-7-16(18)19(23)15-6-2-4-8-17(15)20/h2-9,14,21H,10-13H2,1H3. The number of nitrogens with one attached hydrogen (secondary N) is 1. The van der Waals surface area contributed by atoms with E-state index < -0.39 is 0 Å². The highest BCUT2D eigenvalue weighted by Gasteiger charge is 2.20. The van der Waals surface area contributed by atoms with Gasteiger partial charge in [0.05, 0.1) is 5.02 Å². The monoisotopic (exact) mass is 328 g/mol. The first kappa shape index (κ1) is 16.0. The van der Waals surface area contributed by atoms with Gasteiger partial charge in [0.2, 0.25) is 0 Å². The fourth-order valence-corrected chi connectivity index (χ4v) is 3.19. The Morgan fingerprint density at radius 3 is 2.35 bits per heavy atom. The summed E-state index contributed by atoms with van der Waals surface area (Å²) in [6.45, 7) is 2.16. The highest BCUT2D eigenvalue weighted by atomic mass is 35.5. The van der Waals surface area contributed by atoms with Crippen LogP contribution < -0.4 is 5.32 Å². The van der Waals surface area contributed by atoms with Gasteiger partial charge in [-0.2, -0.15) is 0 Å². The average Bonchev–Trinajstić information content (AvgIpc) is 2.57. The van der Waals surface area contributed by atoms with Gasteiger partial charge in [0.1, 0.15) is 0 Å². The fourth-order valence-electron chi connectivity index (χ4n) is 2.97. The molecule has 1 aliphatic rings. The third-order valence-corrected chi connectivity index (χ3v) is 4.70. The van der Waals surface area contributed by atoms with E-state index >= 15 is 0 Å². The number of ketones is 1. The second-order valence-electron chi connectivity index (χ2n) is 6.08. The number of nitrogens with zero attached hydrogens (tertiary/aromatic N) is 1. The molecule has 0 aliphatic carbocycles. The van der Waals surface area contributed by atoms with Gasteiger partial charge in [-0.25, -0.2) is 0 Å². The highest BCUT2D eigenvalue weighted by molar-refractivity contribution is 6.35. The lowest BCUT2D eigenvalue weighted by atomic mass is 9.99. The minimum atomic E-state index is -0.0355. The van der Waals surface area contributed by atoms with Gasteiger partial charge in [0, 0.05) is 22.9 Å². The Kier molecular flexibility index (Phi) is 4.99. The Morgan fingerprint density at radius 1 is 1.04 bits per heavy atom. The third-order valence-electron chi connectivity index (χ3n) is 4.37. The van der Waals surface area contributed by atoms with E-state index in [-0.39, 0.29) is 5.78 Å². The molecular weight excluding hydrogens is 308 g/mol. The first-order chi connectivity index (χ1) is 11.1. The number of piperidine rings is 1. The second kappa shape index (κ2) is 7.16. The van der Waals surface area contributed by atoms with Crippen molar-refractivity contribution >= 4 is 23.1 Å². The van der Waals surface area contributed by atoms with Crippen molar-refractivity contribution < 1.29 is 4.79 Å². The van der Waals surface area contributed by atoms with Crippen molar-refractivity contribution in [1.82, 2.24) is 4.90 Å². The Bertz CT molecular complexity index is 693. The third kappa shape index (κ3) is 3.74. The van der Waals surface area contributed by atoms with Crippen molar-refractivity contribution in [2.24, 2.45) is 0 Å². The van der Waals surface area contributed by atoms with Gasteiger partial charge in [-0.05, 0) is 57.2 Å². The van der Waals surface area contributed by atoms with Crippen LogP contribution in [-0.4, -0.2) is 36.9 Å². The van der Waals surface area contributed by atoms with Gasteiger partial charge in [-0.15, -0.1) is 0 Å². The van der Waals surface area contributed by atoms with E-state index in [2.05, 4.69) is 17.3 Å². The van der Waals surface area contributed by atoms with Crippen LogP contribution in [0.15, 0.2) is 48.5 Å². The first-order valence-corrected chi connectivity index (χ1v) is 8.36. The van der Waals surface area contributed by atoms with Gasteiger partial charge in [-0.1, -0.05) is 35.9 Å². The zero-order valence-corrected chi connectivity index (χ0v) is 14.0. The number of likely N-dealkylation sites (tertiary alicyclic amines) is 1. The molecular formula is C19H21ClN2O. The van der Waals surface area contributed by atoms with Crippen LogP contribution in [-0.2, 0) is 0 Å². The molecule has 3 nitrogen and oxygen atoms in total. The van der Waals surface area contributed by atoms with Crippen LogP contribution in [0.1, 0.15) is 28.8 Å². The Balaban J connectivity index is 1.83. The average molecular weight is 329 g/mol. The molecule has 0 spiro atoms. The lowest BCUT2D eigenvalue weighted by molar-refractivity contribution is 0.103. The molecule has 0 atom stereocenters. The topological polar surface area (TPSA) is 32.3 Å². The van der Waals surface area contributed by atoms with Crippen LogP contribution in [0, 0.1) is 0 Å². The molecule has 2 aromatic rings. The molecule has 2 aromatic carbocycles. The smallest absolute Gasteiger partial charge is 0.196 e. The van der Waals surface area contributed by atoms with Gasteiger partial charge in [0.15, 0.2) is 5.78 Å². The Labute approximate surface area is 142 Å². The van der Waals surface area contributed by atoms with E-state index in [0.29, 0.717) is 22.2 Å². The number of hydrogen-bond donors (Lipinski definition) is 1. The van der Waals surface area contributed by atoms with E-state index in [9.17, 15) is 4.79 Å². The number of halogens is 1. The van der Waals surface area contributed by atoms with Crippen molar-refractivity contribution in [3.63, 3.8) is 0 Å². The van der Waals surface area contributed by atoms with E-state index in [0.717, 1.165) is 31.6 Å². The van der Waals surface area contributed by atoms with E-state index in [1.165, 1.54) is 0 Å². The van der Waals surface area contributed by atoms with E-state index in [1.54, 1.807) is 12.1 Å². The van der Waals surface area contributed by atoms with Crippen molar-refractivity contribution in [2.45, 2.75) is 18.9 Å². The quantitative estimate of drug-likeness (QED) is 0.858. The molecule has 0 bridgehead atoms. The maximum Gasteiger partial charge on any atom is 0.196 e.